The smallest absolute Gasteiger partial charge is 0.349 e. The molecule has 0 unspecified atom stereocenters. The second-order valence-corrected chi connectivity index (χ2v) is 7.12. The lowest BCUT2D eigenvalue weighted by Gasteiger charge is -2.20. The summed E-state index contributed by atoms with van der Waals surface area (Å²) >= 11 is 6.13. The maximum atomic E-state index is 12.9. The zero-order valence-electron chi connectivity index (χ0n) is 15.0. The van der Waals surface area contributed by atoms with Crippen molar-refractivity contribution in [3.05, 3.63) is 64.7 Å². The number of rotatable bonds is 4. The molecule has 1 fully saturated rings. The summed E-state index contributed by atoms with van der Waals surface area (Å²) in [5, 5.41) is 3.12. The summed E-state index contributed by atoms with van der Waals surface area (Å²) in [5.74, 6) is -1.20. The van der Waals surface area contributed by atoms with Crippen LogP contribution in [-0.4, -0.2) is 18.4 Å². The molecule has 2 aromatic carbocycles. The fraction of sp³-hybridized carbons (Fsp3) is 0.300. The first-order valence-corrected chi connectivity index (χ1v) is 9.07. The Bertz CT molecular complexity index is 901. The molecule has 1 saturated heterocycles. The Morgan fingerprint density at radius 3 is 2.61 bits per heavy atom. The van der Waals surface area contributed by atoms with Crippen LogP contribution in [0, 0.1) is 5.92 Å². The molecular weight excluding hydrogens is 393 g/mol. The van der Waals surface area contributed by atoms with E-state index in [1.54, 1.807) is 31.2 Å². The van der Waals surface area contributed by atoms with Crippen LogP contribution in [0.3, 0.4) is 0 Å². The minimum Gasteiger partial charge on any atom is -0.349 e. The topological polar surface area (TPSA) is 49.4 Å². The molecule has 2 amide bonds. The van der Waals surface area contributed by atoms with Crippen LogP contribution in [0.15, 0.2) is 48.5 Å². The van der Waals surface area contributed by atoms with Crippen molar-refractivity contribution in [3.8, 4) is 0 Å². The molecule has 0 bridgehead atoms. The highest BCUT2D eigenvalue weighted by Crippen LogP contribution is 2.32. The van der Waals surface area contributed by atoms with E-state index in [1.807, 2.05) is 0 Å². The highest BCUT2D eigenvalue weighted by Gasteiger charge is 2.36. The lowest BCUT2D eigenvalue weighted by molar-refractivity contribution is -0.137. The van der Waals surface area contributed by atoms with Crippen molar-refractivity contribution >= 4 is 29.1 Å². The van der Waals surface area contributed by atoms with Crippen LogP contribution < -0.4 is 10.2 Å². The van der Waals surface area contributed by atoms with Gasteiger partial charge in [0.1, 0.15) is 0 Å². The van der Waals surface area contributed by atoms with Gasteiger partial charge in [-0.2, -0.15) is 13.2 Å². The Hall–Kier alpha value is -2.54. The average molecular weight is 411 g/mol. The van der Waals surface area contributed by atoms with Gasteiger partial charge in [-0.3, -0.25) is 9.59 Å². The summed E-state index contributed by atoms with van der Waals surface area (Å²) < 4.78 is 38.6. The summed E-state index contributed by atoms with van der Waals surface area (Å²) in [6.45, 7) is 1.78. The highest BCUT2D eigenvalue weighted by atomic mass is 35.5. The van der Waals surface area contributed by atoms with Crippen LogP contribution in [-0.2, 0) is 15.8 Å². The second-order valence-electron chi connectivity index (χ2n) is 6.71. The van der Waals surface area contributed by atoms with Crippen LogP contribution in [0.1, 0.15) is 30.5 Å². The monoisotopic (exact) mass is 410 g/mol. The predicted octanol–water partition coefficient (Wildman–Crippen LogP) is 4.59. The Labute approximate surface area is 165 Å². The van der Waals surface area contributed by atoms with Gasteiger partial charge in [-0.1, -0.05) is 35.9 Å². The molecule has 148 valence electrons. The van der Waals surface area contributed by atoms with Crippen LogP contribution in [0.2, 0.25) is 5.02 Å². The molecule has 0 aromatic heterocycles. The van der Waals surface area contributed by atoms with Crippen LogP contribution in [0.4, 0.5) is 18.9 Å². The van der Waals surface area contributed by atoms with Crippen molar-refractivity contribution in [2.45, 2.75) is 25.6 Å². The second kappa shape index (κ2) is 7.83. The number of nitrogens with one attached hydrogen (secondary N) is 1. The van der Waals surface area contributed by atoms with Crippen LogP contribution >= 0.6 is 11.6 Å². The molecule has 1 aliphatic rings. The number of amides is 2. The Kier molecular flexibility index (Phi) is 5.65. The summed E-state index contributed by atoms with van der Waals surface area (Å²) in [4.78, 5) is 26.3. The molecular formula is C20H18ClF3N2O2. The first-order chi connectivity index (χ1) is 13.2. The fourth-order valence-corrected chi connectivity index (χ4v) is 3.42. The zero-order valence-corrected chi connectivity index (χ0v) is 15.7. The molecule has 0 saturated carbocycles. The molecule has 1 aliphatic heterocycles. The van der Waals surface area contributed by atoms with Gasteiger partial charge in [-0.05, 0) is 36.8 Å². The molecule has 1 N–H and O–H groups in total. The fourth-order valence-electron chi connectivity index (χ4n) is 3.19. The number of para-hydroxylation sites is 1. The van der Waals surface area contributed by atoms with Crippen molar-refractivity contribution in [2.75, 3.05) is 11.4 Å². The molecule has 1 heterocycles. The van der Waals surface area contributed by atoms with Crippen molar-refractivity contribution < 1.29 is 22.8 Å². The highest BCUT2D eigenvalue weighted by molar-refractivity contribution is 6.33. The van der Waals surface area contributed by atoms with E-state index < -0.39 is 23.7 Å². The average Bonchev–Trinajstić information content (AvgIpc) is 3.03. The Morgan fingerprint density at radius 2 is 1.93 bits per heavy atom. The molecule has 2 aromatic rings. The van der Waals surface area contributed by atoms with Gasteiger partial charge in [0, 0.05) is 13.0 Å². The summed E-state index contributed by atoms with van der Waals surface area (Å²) in [6, 6.07) is 11.0. The standard InChI is InChI=1S/C20H18ClF3N2O2/c1-12(13-5-4-6-15(9-13)20(22,23)24)25-19(28)14-10-18(27)26(11-14)17-8-3-2-7-16(17)21/h2-9,12,14H,10-11H2,1H3,(H,25,28)/t12-,14+/m1/s1. The van der Waals surface area contributed by atoms with E-state index in [1.165, 1.54) is 17.0 Å². The number of carbonyl (C=O) groups is 2. The van der Waals surface area contributed by atoms with Crippen LogP contribution in [0.25, 0.3) is 0 Å². The molecule has 4 nitrogen and oxygen atoms in total. The van der Waals surface area contributed by atoms with Crippen molar-refractivity contribution in [2.24, 2.45) is 5.92 Å². The molecule has 8 heteroatoms. The largest absolute Gasteiger partial charge is 0.416 e. The van der Waals surface area contributed by atoms with Gasteiger partial charge in [-0.25, -0.2) is 0 Å². The SMILES string of the molecule is C[C@@H](NC(=O)[C@H]1CC(=O)N(c2ccccc2Cl)C1)c1cccc(C(F)(F)F)c1. The molecule has 0 aliphatic carbocycles. The maximum absolute atomic E-state index is 12.9. The number of halogens is 4. The van der Waals surface area contributed by atoms with Crippen molar-refractivity contribution in [3.63, 3.8) is 0 Å². The number of anilines is 1. The predicted molar refractivity (Wildman–Crippen MR) is 99.9 cm³/mol. The molecule has 28 heavy (non-hydrogen) atoms. The minimum absolute atomic E-state index is 0.0202. The number of carbonyl (C=O) groups excluding carboxylic acids is 2. The van der Waals surface area contributed by atoms with Gasteiger partial charge >= 0.3 is 6.18 Å². The first-order valence-electron chi connectivity index (χ1n) is 8.69. The Morgan fingerprint density at radius 1 is 1.21 bits per heavy atom. The van der Waals surface area contributed by atoms with Gasteiger partial charge < -0.3 is 10.2 Å². The summed E-state index contributed by atoms with van der Waals surface area (Å²) in [7, 11) is 0. The molecule has 2 atom stereocenters. The third-order valence-electron chi connectivity index (χ3n) is 4.71. The number of alkyl halides is 3. The number of nitrogens with zero attached hydrogens (tertiary/aromatic N) is 1. The zero-order chi connectivity index (χ0) is 20.5. The number of hydrogen-bond donors (Lipinski definition) is 1. The van der Waals surface area contributed by atoms with Crippen molar-refractivity contribution in [1.29, 1.82) is 0 Å². The molecule has 0 radical (unpaired) electrons. The van der Waals surface area contributed by atoms with E-state index in [2.05, 4.69) is 5.32 Å². The number of benzene rings is 2. The lowest BCUT2D eigenvalue weighted by Crippen LogP contribution is -2.34. The minimum atomic E-state index is -4.45. The van der Waals surface area contributed by atoms with E-state index in [-0.39, 0.29) is 24.8 Å². The van der Waals surface area contributed by atoms with Crippen LogP contribution in [0.5, 0.6) is 0 Å². The van der Waals surface area contributed by atoms with Gasteiger partial charge in [-0.15, -0.1) is 0 Å². The van der Waals surface area contributed by atoms with Gasteiger partial charge in [0.2, 0.25) is 11.8 Å². The van der Waals surface area contributed by atoms with E-state index in [0.717, 1.165) is 12.1 Å². The molecule has 3 rings (SSSR count). The van der Waals surface area contributed by atoms with E-state index >= 15 is 0 Å². The van der Waals surface area contributed by atoms with Gasteiger partial charge in [0.05, 0.1) is 28.2 Å². The third-order valence-corrected chi connectivity index (χ3v) is 5.03. The maximum Gasteiger partial charge on any atom is 0.416 e. The van der Waals surface area contributed by atoms with E-state index in [9.17, 15) is 22.8 Å². The quantitative estimate of drug-likeness (QED) is 0.801. The Balaban J connectivity index is 1.69. The van der Waals surface area contributed by atoms with Crippen molar-refractivity contribution in [1.82, 2.24) is 5.32 Å². The number of hydrogen-bond acceptors (Lipinski definition) is 2. The summed E-state index contributed by atoms with van der Waals surface area (Å²) in [5.41, 5.74) is 0.109. The molecule has 0 spiro atoms. The lowest BCUT2D eigenvalue weighted by atomic mass is 10.0. The summed E-state index contributed by atoms with van der Waals surface area (Å²) in [6.07, 6.45) is -4.43. The normalized spacial score (nSPS) is 18.2. The van der Waals surface area contributed by atoms with Gasteiger partial charge in [0.15, 0.2) is 0 Å². The first kappa shape index (κ1) is 20.2. The van der Waals surface area contributed by atoms with E-state index in [0.29, 0.717) is 16.3 Å². The third kappa shape index (κ3) is 4.30. The van der Waals surface area contributed by atoms with Gasteiger partial charge in [0.25, 0.3) is 0 Å². The van der Waals surface area contributed by atoms with E-state index in [4.69, 9.17) is 11.6 Å².